The number of aromatic amines is 1. The highest BCUT2D eigenvalue weighted by Gasteiger charge is 2.32. The second kappa shape index (κ2) is 6.69. The molecule has 0 unspecified atom stereocenters. The number of alkyl halides is 3. The number of H-pyrrole nitrogens is 1. The average Bonchev–Trinajstić information content (AvgIpc) is 3.05. The third kappa shape index (κ3) is 3.80. The van der Waals surface area contributed by atoms with E-state index in [1.807, 2.05) is 0 Å². The standard InChI is InChI=1S/C18H12F3N3O/c19-18(20,21)14-6-2-1-4-12(14)5-3-9-22-17(25)13-7-8-15-16(10-13)24-11-23-15/h1-2,4,6-8,10-11H,9H2,(H,22,25)(H,23,24). The van der Waals surface area contributed by atoms with E-state index < -0.39 is 11.7 Å². The molecule has 0 fully saturated rings. The first kappa shape index (κ1) is 16.6. The van der Waals surface area contributed by atoms with Crippen molar-refractivity contribution in [2.75, 3.05) is 6.54 Å². The third-order valence-electron chi connectivity index (χ3n) is 3.48. The van der Waals surface area contributed by atoms with Gasteiger partial charge in [-0.25, -0.2) is 4.98 Å². The van der Waals surface area contributed by atoms with Crippen molar-refractivity contribution in [3.8, 4) is 11.8 Å². The number of rotatable bonds is 2. The van der Waals surface area contributed by atoms with Crippen LogP contribution < -0.4 is 5.32 Å². The number of halogens is 3. The van der Waals surface area contributed by atoms with Gasteiger partial charge >= 0.3 is 6.18 Å². The van der Waals surface area contributed by atoms with Crippen LogP contribution in [0.25, 0.3) is 11.0 Å². The molecule has 1 aromatic heterocycles. The van der Waals surface area contributed by atoms with Crippen LogP contribution >= 0.6 is 0 Å². The Kier molecular flexibility index (Phi) is 4.44. The molecular weight excluding hydrogens is 331 g/mol. The van der Waals surface area contributed by atoms with Gasteiger partial charge in [0.2, 0.25) is 0 Å². The van der Waals surface area contributed by atoms with Gasteiger partial charge in [0.15, 0.2) is 0 Å². The van der Waals surface area contributed by atoms with E-state index in [9.17, 15) is 18.0 Å². The Hall–Kier alpha value is -3.27. The van der Waals surface area contributed by atoms with Crippen molar-refractivity contribution in [3.63, 3.8) is 0 Å². The molecule has 126 valence electrons. The number of nitrogens with zero attached hydrogens (tertiary/aromatic N) is 1. The molecular formula is C18H12F3N3O. The van der Waals surface area contributed by atoms with Crippen LogP contribution in [0.1, 0.15) is 21.5 Å². The predicted octanol–water partition coefficient (Wildman–Crippen LogP) is 3.36. The van der Waals surface area contributed by atoms with Crippen molar-refractivity contribution in [3.05, 3.63) is 65.5 Å². The molecule has 4 nitrogen and oxygen atoms in total. The smallest absolute Gasteiger partial charge is 0.345 e. The molecule has 0 radical (unpaired) electrons. The third-order valence-corrected chi connectivity index (χ3v) is 3.48. The fourth-order valence-corrected chi connectivity index (χ4v) is 2.28. The quantitative estimate of drug-likeness (QED) is 0.701. The van der Waals surface area contributed by atoms with E-state index in [4.69, 9.17) is 0 Å². The Morgan fingerprint density at radius 2 is 2.00 bits per heavy atom. The summed E-state index contributed by atoms with van der Waals surface area (Å²) in [6.07, 6.45) is -2.94. The van der Waals surface area contributed by atoms with Gasteiger partial charge in [0.25, 0.3) is 5.91 Å². The molecule has 2 aromatic carbocycles. The van der Waals surface area contributed by atoms with E-state index >= 15 is 0 Å². The topological polar surface area (TPSA) is 57.8 Å². The van der Waals surface area contributed by atoms with Crippen molar-refractivity contribution in [1.82, 2.24) is 15.3 Å². The first-order chi connectivity index (χ1) is 11.9. The molecule has 0 saturated heterocycles. The second-order valence-corrected chi connectivity index (χ2v) is 5.16. The van der Waals surface area contributed by atoms with Crippen LogP contribution in [0, 0.1) is 11.8 Å². The molecule has 0 aliphatic rings. The normalized spacial score (nSPS) is 11.0. The first-order valence-corrected chi connectivity index (χ1v) is 7.31. The fourth-order valence-electron chi connectivity index (χ4n) is 2.28. The zero-order valence-electron chi connectivity index (χ0n) is 12.8. The largest absolute Gasteiger partial charge is 0.417 e. The van der Waals surface area contributed by atoms with Crippen LogP contribution in [0.4, 0.5) is 13.2 Å². The van der Waals surface area contributed by atoms with Gasteiger partial charge in [0.1, 0.15) is 0 Å². The summed E-state index contributed by atoms with van der Waals surface area (Å²) < 4.78 is 38.6. The molecule has 1 heterocycles. The molecule has 0 aliphatic carbocycles. The lowest BCUT2D eigenvalue weighted by Crippen LogP contribution is -2.23. The lowest BCUT2D eigenvalue weighted by atomic mass is 10.1. The van der Waals surface area contributed by atoms with Gasteiger partial charge < -0.3 is 10.3 Å². The van der Waals surface area contributed by atoms with E-state index in [2.05, 4.69) is 27.1 Å². The monoisotopic (exact) mass is 343 g/mol. The van der Waals surface area contributed by atoms with Crippen LogP contribution in [-0.4, -0.2) is 22.4 Å². The van der Waals surface area contributed by atoms with Crippen LogP contribution in [0.3, 0.4) is 0 Å². The molecule has 0 atom stereocenters. The number of hydrogen-bond acceptors (Lipinski definition) is 2. The summed E-state index contributed by atoms with van der Waals surface area (Å²) in [5.41, 5.74) is 0.953. The van der Waals surface area contributed by atoms with Crippen LogP contribution in [0.15, 0.2) is 48.8 Å². The van der Waals surface area contributed by atoms with Crippen molar-refractivity contribution in [1.29, 1.82) is 0 Å². The Morgan fingerprint density at radius 1 is 1.20 bits per heavy atom. The van der Waals surface area contributed by atoms with Gasteiger partial charge in [-0.1, -0.05) is 24.0 Å². The molecule has 25 heavy (non-hydrogen) atoms. The summed E-state index contributed by atoms with van der Waals surface area (Å²) in [7, 11) is 0. The molecule has 7 heteroatoms. The second-order valence-electron chi connectivity index (χ2n) is 5.16. The maximum absolute atomic E-state index is 12.9. The van der Waals surface area contributed by atoms with E-state index in [0.717, 1.165) is 17.1 Å². The highest BCUT2D eigenvalue weighted by Crippen LogP contribution is 2.31. The zero-order chi connectivity index (χ0) is 17.9. The Morgan fingerprint density at radius 3 is 2.80 bits per heavy atom. The molecule has 0 bridgehead atoms. The number of benzene rings is 2. The van der Waals surface area contributed by atoms with E-state index in [-0.39, 0.29) is 18.0 Å². The van der Waals surface area contributed by atoms with Crippen LogP contribution in [0.5, 0.6) is 0 Å². The number of fused-ring (bicyclic) bond motifs is 1. The number of amides is 1. The van der Waals surface area contributed by atoms with Crippen LogP contribution in [0.2, 0.25) is 0 Å². The summed E-state index contributed by atoms with van der Waals surface area (Å²) in [5.74, 6) is 4.63. The molecule has 0 saturated carbocycles. The lowest BCUT2D eigenvalue weighted by Gasteiger charge is -2.08. The molecule has 0 spiro atoms. The molecule has 3 aromatic rings. The summed E-state index contributed by atoms with van der Waals surface area (Å²) in [6, 6.07) is 10.0. The number of carbonyl (C=O) groups is 1. The number of hydrogen-bond donors (Lipinski definition) is 2. The maximum Gasteiger partial charge on any atom is 0.417 e. The SMILES string of the molecule is O=C(NCC#Cc1ccccc1C(F)(F)F)c1ccc2nc[nH]c2c1. The minimum absolute atomic E-state index is 0.0635. The van der Waals surface area contributed by atoms with Gasteiger partial charge in [-0.15, -0.1) is 0 Å². The van der Waals surface area contributed by atoms with E-state index in [1.54, 1.807) is 18.2 Å². The Labute approximate surface area is 141 Å². The first-order valence-electron chi connectivity index (χ1n) is 7.31. The van der Waals surface area contributed by atoms with Crippen molar-refractivity contribution < 1.29 is 18.0 Å². The highest BCUT2D eigenvalue weighted by atomic mass is 19.4. The van der Waals surface area contributed by atoms with Crippen LogP contribution in [-0.2, 0) is 6.18 Å². The predicted molar refractivity (Wildman–Crippen MR) is 86.7 cm³/mol. The zero-order valence-corrected chi connectivity index (χ0v) is 12.8. The summed E-state index contributed by atoms with van der Waals surface area (Å²) in [6.45, 7) is -0.0635. The highest BCUT2D eigenvalue weighted by molar-refractivity contribution is 5.97. The number of nitrogens with one attached hydrogen (secondary N) is 2. The van der Waals surface area contributed by atoms with Gasteiger partial charge in [-0.2, -0.15) is 13.2 Å². The van der Waals surface area contributed by atoms with Crippen molar-refractivity contribution >= 4 is 16.9 Å². The molecule has 1 amide bonds. The summed E-state index contributed by atoms with van der Waals surface area (Å²) in [5, 5.41) is 2.56. The minimum atomic E-state index is -4.46. The number of imidazole rings is 1. The van der Waals surface area contributed by atoms with E-state index in [0.29, 0.717) is 5.56 Å². The molecule has 2 N–H and O–H groups in total. The van der Waals surface area contributed by atoms with Crippen molar-refractivity contribution in [2.24, 2.45) is 0 Å². The van der Waals surface area contributed by atoms with Gasteiger partial charge in [-0.05, 0) is 30.3 Å². The summed E-state index contributed by atoms with van der Waals surface area (Å²) in [4.78, 5) is 19.0. The van der Waals surface area contributed by atoms with Gasteiger partial charge in [0.05, 0.1) is 29.5 Å². The van der Waals surface area contributed by atoms with Gasteiger partial charge in [-0.3, -0.25) is 4.79 Å². The minimum Gasteiger partial charge on any atom is -0.345 e. The Bertz CT molecular complexity index is 980. The Balaban J connectivity index is 1.68. The van der Waals surface area contributed by atoms with Crippen molar-refractivity contribution in [2.45, 2.75) is 6.18 Å². The van der Waals surface area contributed by atoms with E-state index in [1.165, 1.54) is 24.5 Å². The molecule has 3 rings (SSSR count). The maximum atomic E-state index is 12.9. The number of carbonyl (C=O) groups excluding carboxylic acids is 1. The summed E-state index contributed by atoms with van der Waals surface area (Å²) >= 11 is 0. The lowest BCUT2D eigenvalue weighted by molar-refractivity contribution is -0.137. The average molecular weight is 343 g/mol. The molecule has 0 aliphatic heterocycles. The number of aromatic nitrogens is 2. The fraction of sp³-hybridized carbons (Fsp3) is 0.111. The van der Waals surface area contributed by atoms with Gasteiger partial charge in [0, 0.05) is 11.1 Å².